The Bertz CT molecular complexity index is 933. The van der Waals surface area contributed by atoms with Gasteiger partial charge in [0.15, 0.2) is 0 Å². The zero-order valence-corrected chi connectivity index (χ0v) is 15.5. The summed E-state index contributed by atoms with van der Waals surface area (Å²) in [4.78, 5) is 28.7. The van der Waals surface area contributed by atoms with Gasteiger partial charge in [0.05, 0.1) is 28.4 Å². The molecule has 0 saturated heterocycles. The number of para-hydroxylation sites is 1. The van der Waals surface area contributed by atoms with Gasteiger partial charge in [0.2, 0.25) is 0 Å². The predicted molar refractivity (Wildman–Crippen MR) is 101 cm³/mol. The normalized spacial score (nSPS) is 12.2. The molecule has 0 aliphatic rings. The van der Waals surface area contributed by atoms with Gasteiger partial charge in [0.1, 0.15) is 5.69 Å². The van der Waals surface area contributed by atoms with Crippen LogP contribution in [-0.4, -0.2) is 40.9 Å². The van der Waals surface area contributed by atoms with E-state index in [1.54, 1.807) is 18.4 Å². The van der Waals surface area contributed by atoms with Crippen LogP contribution in [0.3, 0.4) is 0 Å². The average molecular weight is 372 g/mol. The van der Waals surface area contributed by atoms with Crippen molar-refractivity contribution in [1.29, 1.82) is 0 Å². The minimum atomic E-state index is -0.316. The Kier molecular flexibility index (Phi) is 5.75. The number of carbonyl (C=O) groups excluding carboxylic acids is 1. The van der Waals surface area contributed by atoms with Crippen molar-refractivity contribution in [2.45, 2.75) is 19.4 Å². The molecule has 7 nitrogen and oxygen atoms in total. The van der Waals surface area contributed by atoms with E-state index in [0.717, 1.165) is 15.2 Å². The third-order valence-electron chi connectivity index (χ3n) is 3.91. The topological polar surface area (TPSA) is 86.1 Å². The molecular formula is C18H20N4O3S. The van der Waals surface area contributed by atoms with E-state index < -0.39 is 0 Å². The van der Waals surface area contributed by atoms with Crippen LogP contribution in [0.1, 0.15) is 28.3 Å². The van der Waals surface area contributed by atoms with Crippen molar-refractivity contribution in [2.75, 3.05) is 20.3 Å². The molecule has 0 bridgehead atoms. The van der Waals surface area contributed by atoms with Crippen molar-refractivity contribution >= 4 is 27.5 Å². The highest BCUT2D eigenvalue weighted by atomic mass is 32.1. The van der Waals surface area contributed by atoms with Crippen molar-refractivity contribution in [2.24, 2.45) is 0 Å². The summed E-state index contributed by atoms with van der Waals surface area (Å²) in [6.07, 6.45) is 0. The van der Waals surface area contributed by atoms with Crippen LogP contribution in [0.15, 0.2) is 41.2 Å². The van der Waals surface area contributed by atoms with E-state index in [9.17, 15) is 9.59 Å². The number of nitrogens with one attached hydrogen (secondary N) is 1. The molecule has 2 aromatic heterocycles. The molecule has 0 saturated carbocycles. The zero-order chi connectivity index (χ0) is 18.5. The molecule has 0 aliphatic heterocycles. The van der Waals surface area contributed by atoms with Crippen LogP contribution in [0.5, 0.6) is 0 Å². The Balaban J connectivity index is 1.65. The molecule has 136 valence electrons. The van der Waals surface area contributed by atoms with E-state index in [1.807, 2.05) is 31.2 Å². The summed E-state index contributed by atoms with van der Waals surface area (Å²) in [6, 6.07) is 10.7. The smallest absolute Gasteiger partial charge is 0.271 e. The number of thiazole rings is 1. The standard InChI is InChI=1S/C18H20N4O3S/c1-12(18-20-13-5-3-4-6-15(13)26-18)11-19-17(24)14-7-8-16(23)22(21-14)9-10-25-2/h3-8,12H,9-11H2,1-2H3,(H,19,24). The fourth-order valence-corrected chi connectivity index (χ4v) is 3.45. The van der Waals surface area contributed by atoms with Crippen molar-refractivity contribution in [3.05, 3.63) is 57.5 Å². The Hall–Kier alpha value is -2.58. The summed E-state index contributed by atoms with van der Waals surface area (Å²) < 4.78 is 7.31. The molecule has 26 heavy (non-hydrogen) atoms. The number of hydrogen-bond acceptors (Lipinski definition) is 6. The first-order valence-electron chi connectivity index (χ1n) is 8.29. The van der Waals surface area contributed by atoms with E-state index in [-0.39, 0.29) is 23.1 Å². The highest BCUT2D eigenvalue weighted by Gasteiger charge is 2.15. The highest BCUT2D eigenvalue weighted by Crippen LogP contribution is 2.26. The minimum Gasteiger partial charge on any atom is -0.383 e. The van der Waals surface area contributed by atoms with Crippen molar-refractivity contribution < 1.29 is 9.53 Å². The van der Waals surface area contributed by atoms with E-state index in [2.05, 4.69) is 15.4 Å². The number of amides is 1. The lowest BCUT2D eigenvalue weighted by atomic mass is 10.2. The molecule has 1 atom stereocenters. The van der Waals surface area contributed by atoms with Crippen molar-refractivity contribution in [3.63, 3.8) is 0 Å². The van der Waals surface area contributed by atoms with Gasteiger partial charge in [-0.1, -0.05) is 19.1 Å². The van der Waals surface area contributed by atoms with Crippen molar-refractivity contribution in [3.8, 4) is 0 Å². The lowest BCUT2D eigenvalue weighted by molar-refractivity contribution is 0.0943. The lowest BCUT2D eigenvalue weighted by Crippen LogP contribution is -2.32. The highest BCUT2D eigenvalue weighted by molar-refractivity contribution is 7.18. The van der Waals surface area contributed by atoms with Crippen LogP contribution < -0.4 is 10.9 Å². The third-order valence-corrected chi connectivity index (χ3v) is 5.18. The number of methoxy groups -OCH3 is 1. The predicted octanol–water partition coefficient (Wildman–Crippen LogP) is 2.03. The molecule has 1 N–H and O–H groups in total. The monoisotopic (exact) mass is 372 g/mol. The van der Waals surface area contributed by atoms with Crippen LogP contribution in [0, 0.1) is 0 Å². The Morgan fingerprint density at radius 1 is 1.31 bits per heavy atom. The van der Waals surface area contributed by atoms with Gasteiger partial charge in [0.25, 0.3) is 11.5 Å². The van der Waals surface area contributed by atoms with Crippen LogP contribution in [0.25, 0.3) is 10.2 Å². The molecule has 0 radical (unpaired) electrons. The van der Waals surface area contributed by atoms with E-state index in [4.69, 9.17) is 4.74 Å². The summed E-state index contributed by atoms with van der Waals surface area (Å²) >= 11 is 1.63. The number of carbonyl (C=O) groups is 1. The SMILES string of the molecule is COCCn1nc(C(=O)NCC(C)c2nc3ccccc3s2)ccc1=O. The molecule has 0 spiro atoms. The lowest BCUT2D eigenvalue weighted by Gasteiger charge is -2.10. The first-order chi connectivity index (χ1) is 12.6. The number of fused-ring (bicyclic) bond motifs is 1. The first-order valence-corrected chi connectivity index (χ1v) is 9.11. The number of hydrogen-bond donors (Lipinski definition) is 1. The van der Waals surface area contributed by atoms with Crippen LogP contribution >= 0.6 is 11.3 Å². The van der Waals surface area contributed by atoms with Gasteiger partial charge >= 0.3 is 0 Å². The fourth-order valence-electron chi connectivity index (χ4n) is 2.43. The van der Waals surface area contributed by atoms with Gasteiger partial charge in [-0.05, 0) is 18.2 Å². The van der Waals surface area contributed by atoms with Crippen LogP contribution in [0.4, 0.5) is 0 Å². The van der Waals surface area contributed by atoms with Gasteiger partial charge in [-0.2, -0.15) is 5.10 Å². The third kappa shape index (κ3) is 4.14. The molecule has 3 rings (SSSR count). The number of benzene rings is 1. The second-order valence-electron chi connectivity index (χ2n) is 5.90. The summed E-state index contributed by atoms with van der Waals surface area (Å²) in [5.41, 5.74) is 0.913. The molecule has 3 aromatic rings. The second-order valence-corrected chi connectivity index (χ2v) is 6.97. The number of rotatable bonds is 7. The van der Waals surface area contributed by atoms with Gasteiger partial charge in [-0.3, -0.25) is 9.59 Å². The maximum absolute atomic E-state index is 12.4. The summed E-state index contributed by atoms with van der Waals surface area (Å²) in [7, 11) is 1.55. The average Bonchev–Trinajstić information content (AvgIpc) is 3.09. The maximum Gasteiger partial charge on any atom is 0.271 e. The van der Waals surface area contributed by atoms with Crippen molar-refractivity contribution in [1.82, 2.24) is 20.1 Å². The molecule has 8 heteroatoms. The minimum absolute atomic E-state index is 0.0794. The van der Waals surface area contributed by atoms with E-state index >= 15 is 0 Å². The van der Waals surface area contributed by atoms with Gasteiger partial charge in [0, 0.05) is 25.6 Å². The van der Waals surface area contributed by atoms with E-state index in [1.165, 1.54) is 16.8 Å². The van der Waals surface area contributed by atoms with Gasteiger partial charge in [-0.15, -0.1) is 11.3 Å². The van der Waals surface area contributed by atoms with Crippen LogP contribution in [0.2, 0.25) is 0 Å². The molecule has 2 heterocycles. The zero-order valence-electron chi connectivity index (χ0n) is 14.6. The second kappa shape index (κ2) is 8.20. The summed E-state index contributed by atoms with van der Waals surface area (Å²) in [6.45, 7) is 3.12. The Morgan fingerprint density at radius 3 is 2.88 bits per heavy atom. The fraction of sp³-hybridized carbons (Fsp3) is 0.333. The van der Waals surface area contributed by atoms with Gasteiger partial charge < -0.3 is 10.1 Å². The molecule has 1 unspecified atom stereocenters. The quantitative estimate of drug-likeness (QED) is 0.686. The Labute approximate surface area is 154 Å². The number of ether oxygens (including phenoxy) is 1. The largest absolute Gasteiger partial charge is 0.383 e. The maximum atomic E-state index is 12.4. The Morgan fingerprint density at radius 2 is 2.12 bits per heavy atom. The first kappa shape index (κ1) is 18.2. The van der Waals surface area contributed by atoms with Crippen LogP contribution in [-0.2, 0) is 11.3 Å². The molecule has 1 aromatic carbocycles. The molecule has 0 aliphatic carbocycles. The summed E-state index contributed by atoms with van der Waals surface area (Å²) in [5, 5.41) is 7.93. The van der Waals surface area contributed by atoms with Gasteiger partial charge in [-0.25, -0.2) is 9.67 Å². The molecule has 1 amide bonds. The number of aromatic nitrogens is 3. The summed E-state index contributed by atoms with van der Waals surface area (Å²) in [5.74, 6) is -0.236. The molecule has 0 fully saturated rings. The molecular weight excluding hydrogens is 352 g/mol. The van der Waals surface area contributed by atoms with E-state index in [0.29, 0.717) is 19.7 Å². The number of nitrogens with zero attached hydrogens (tertiary/aromatic N) is 3.